The summed E-state index contributed by atoms with van der Waals surface area (Å²) in [6.45, 7) is 5.62. The Labute approximate surface area is 110 Å². The predicted octanol–water partition coefficient (Wildman–Crippen LogP) is 2.87. The summed E-state index contributed by atoms with van der Waals surface area (Å²) in [7, 11) is 0. The third kappa shape index (κ3) is 1.98. The summed E-state index contributed by atoms with van der Waals surface area (Å²) in [6, 6.07) is 10.1. The molecule has 0 spiro atoms. The van der Waals surface area contributed by atoms with Gasteiger partial charge in [0.25, 0.3) is 0 Å². The van der Waals surface area contributed by atoms with Crippen molar-refractivity contribution in [1.29, 1.82) is 0 Å². The summed E-state index contributed by atoms with van der Waals surface area (Å²) in [4.78, 5) is 2.68. The second kappa shape index (κ2) is 4.67. The lowest BCUT2D eigenvalue weighted by Crippen LogP contribution is -2.43. The third-order valence-electron chi connectivity index (χ3n) is 4.81. The summed E-state index contributed by atoms with van der Waals surface area (Å²) in [5.41, 5.74) is 9.12. The smallest absolute Gasteiger partial charge is 0.0502 e. The maximum Gasteiger partial charge on any atom is 0.0502 e. The lowest BCUT2D eigenvalue weighted by atomic mass is 9.93. The van der Waals surface area contributed by atoms with Gasteiger partial charge in [0.15, 0.2) is 0 Å². The van der Waals surface area contributed by atoms with Crippen LogP contribution in [0.5, 0.6) is 0 Å². The minimum Gasteiger partial charge on any atom is -0.326 e. The molecule has 2 heteroatoms. The van der Waals surface area contributed by atoms with Gasteiger partial charge in [-0.15, -0.1) is 0 Å². The summed E-state index contributed by atoms with van der Waals surface area (Å²) >= 11 is 0. The monoisotopic (exact) mass is 244 g/mol. The molecule has 1 aliphatic heterocycles. The normalized spacial score (nSPS) is 30.6. The molecule has 3 rings (SSSR count). The van der Waals surface area contributed by atoms with Crippen molar-refractivity contribution in [3.63, 3.8) is 0 Å². The van der Waals surface area contributed by atoms with Crippen molar-refractivity contribution >= 4 is 0 Å². The Kier molecular flexibility index (Phi) is 3.16. The van der Waals surface area contributed by atoms with E-state index in [1.54, 1.807) is 0 Å². The number of likely N-dealkylation sites (tertiary alicyclic amines) is 1. The molecule has 2 fully saturated rings. The van der Waals surface area contributed by atoms with Crippen LogP contribution in [-0.4, -0.2) is 23.5 Å². The van der Waals surface area contributed by atoms with Crippen LogP contribution in [0.25, 0.3) is 0 Å². The number of hydrogen-bond donors (Lipinski definition) is 1. The zero-order valence-corrected chi connectivity index (χ0v) is 11.5. The molecule has 2 N–H and O–H groups in total. The highest BCUT2D eigenvalue weighted by atomic mass is 15.2. The number of nitrogens with two attached hydrogens (primary N) is 1. The Morgan fingerprint density at radius 1 is 1.28 bits per heavy atom. The fourth-order valence-electron chi connectivity index (χ4n) is 3.99. The zero-order chi connectivity index (χ0) is 12.7. The van der Waals surface area contributed by atoms with Gasteiger partial charge in [-0.2, -0.15) is 0 Å². The average Bonchev–Trinajstić information content (AvgIpc) is 2.94. The van der Waals surface area contributed by atoms with Gasteiger partial charge in [0, 0.05) is 18.6 Å². The molecule has 98 valence electrons. The first-order chi connectivity index (χ1) is 8.66. The highest BCUT2D eigenvalue weighted by Gasteiger charge is 2.42. The van der Waals surface area contributed by atoms with E-state index in [-0.39, 0.29) is 6.04 Å². The molecule has 2 aliphatic rings. The average molecular weight is 244 g/mol. The van der Waals surface area contributed by atoms with Gasteiger partial charge in [-0.3, -0.25) is 4.90 Å². The van der Waals surface area contributed by atoms with Crippen LogP contribution in [0.1, 0.15) is 43.4 Å². The second-order valence-corrected chi connectivity index (χ2v) is 6.19. The molecule has 1 saturated carbocycles. The first kappa shape index (κ1) is 12.2. The molecule has 4 unspecified atom stereocenters. The van der Waals surface area contributed by atoms with Gasteiger partial charge in [0.1, 0.15) is 0 Å². The number of piperidine rings is 1. The molecule has 2 bridgehead atoms. The van der Waals surface area contributed by atoms with Crippen LogP contribution in [0.3, 0.4) is 0 Å². The van der Waals surface area contributed by atoms with Crippen molar-refractivity contribution in [2.75, 3.05) is 6.54 Å². The molecule has 18 heavy (non-hydrogen) atoms. The van der Waals surface area contributed by atoms with E-state index in [0.29, 0.717) is 6.04 Å². The Balaban J connectivity index is 1.92. The van der Waals surface area contributed by atoms with Crippen molar-refractivity contribution in [1.82, 2.24) is 4.90 Å². The Morgan fingerprint density at radius 2 is 2.06 bits per heavy atom. The van der Waals surface area contributed by atoms with E-state index in [1.807, 2.05) is 0 Å². The molecule has 1 aliphatic carbocycles. The fraction of sp³-hybridized carbons (Fsp3) is 0.625. The lowest BCUT2D eigenvalue weighted by molar-refractivity contribution is 0.132. The lowest BCUT2D eigenvalue weighted by Gasteiger charge is -2.38. The van der Waals surface area contributed by atoms with Crippen molar-refractivity contribution in [3.8, 4) is 0 Å². The summed E-state index contributed by atoms with van der Waals surface area (Å²) < 4.78 is 0. The van der Waals surface area contributed by atoms with Gasteiger partial charge in [-0.1, -0.05) is 24.3 Å². The van der Waals surface area contributed by atoms with E-state index in [4.69, 9.17) is 5.73 Å². The summed E-state index contributed by atoms with van der Waals surface area (Å²) in [6.07, 6.45) is 4.20. The minimum atomic E-state index is 0.199. The fourth-order valence-corrected chi connectivity index (χ4v) is 3.99. The maximum atomic E-state index is 6.31. The number of nitrogens with zero attached hydrogens (tertiary/aromatic N) is 1. The summed E-state index contributed by atoms with van der Waals surface area (Å²) in [5, 5.41) is 0. The quantitative estimate of drug-likeness (QED) is 0.886. The highest BCUT2D eigenvalue weighted by Crippen LogP contribution is 2.43. The van der Waals surface area contributed by atoms with Crippen LogP contribution >= 0.6 is 0 Å². The van der Waals surface area contributed by atoms with Crippen LogP contribution in [0, 0.1) is 12.8 Å². The molecule has 1 aromatic carbocycles. The van der Waals surface area contributed by atoms with Crippen LogP contribution in [0.15, 0.2) is 24.3 Å². The Hall–Kier alpha value is -0.860. The number of aryl methyl sites for hydroxylation is 1. The zero-order valence-electron chi connectivity index (χ0n) is 11.5. The highest BCUT2D eigenvalue weighted by molar-refractivity contribution is 5.30. The van der Waals surface area contributed by atoms with E-state index in [9.17, 15) is 0 Å². The maximum absolute atomic E-state index is 6.31. The largest absolute Gasteiger partial charge is 0.326 e. The van der Waals surface area contributed by atoms with Crippen molar-refractivity contribution in [3.05, 3.63) is 35.4 Å². The number of benzene rings is 1. The molecular formula is C16H24N2. The van der Waals surface area contributed by atoms with E-state index in [1.165, 1.54) is 36.9 Å². The van der Waals surface area contributed by atoms with E-state index in [0.717, 1.165) is 12.0 Å². The van der Waals surface area contributed by atoms with Crippen LogP contribution in [0.4, 0.5) is 0 Å². The van der Waals surface area contributed by atoms with Gasteiger partial charge in [0.2, 0.25) is 0 Å². The molecular weight excluding hydrogens is 220 g/mol. The minimum absolute atomic E-state index is 0.199. The second-order valence-electron chi connectivity index (χ2n) is 6.19. The number of rotatable bonds is 3. The molecule has 4 atom stereocenters. The molecule has 2 nitrogen and oxygen atoms in total. The molecule has 0 aromatic heterocycles. The van der Waals surface area contributed by atoms with Crippen LogP contribution in [-0.2, 0) is 0 Å². The first-order valence-corrected chi connectivity index (χ1v) is 7.23. The third-order valence-corrected chi connectivity index (χ3v) is 4.81. The first-order valence-electron chi connectivity index (χ1n) is 7.23. The molecule has 1 heterocycles. The van der Waals surface area contributed by atoms with Crippen LogP contribution < -0.4 is 5.73 Å². The van der Waals surface area contributed by atoms with Crippen molar-refractivity contribution in [2.24, 2.45) is 11.7 Å². The molecule has 0 amide bonds. The Bertz CT molecular complexity index is 427. The standard InChI is InChI=1S/C16H24N2/c1-11-5-3-4-6-15(11)16(12(2)17)18-10-13-7-8-14(18)9-13/h3-6,12-14,16H,7-10,17H2,1-2H3. The van der Waals surface area contributed by atoms with Gasteiger partial charge >= 0.3 is 0 Å². The Morgan fingerprint density at radius 3 is 2.61 bits per heavy atom. The van der Waals surface area contributed by atoms with Crippen LogP contribution in [0.2, 0.25) is 0 Å². The predicted molar refractivity (Wildman–Crippen MR) is 75.4 cm³/mol. The van der Waals surface area contributed by atoms with E-state index >= 15 is 0 Å². The molecule has 0 radical (unpaired) electrons. The van der Waals surface area contributed by atoms with Gasteiger partial charge in [0.05, 0.1) is 6.04 Å². The summed E-state index contributed by atoms with van der Waals surface area (Å²) in [5.74, 6) is 0.931. The van der Waals surface area contributed by atoms with E-state index < -0.39 is 0 Å². The molecule has 1 saturated heterocycles. The van der Waals surface area contributed by atoms with Gasteiger partial charge < -0.3 is 5.73 Å². The number of fused-ring (bicyclic) bond motifs is 2. The van der Waals surface area contributed by atoms with E-state index in [2.05, 4.69) is 43.0 Å². The van der Waals surface area contributed by atoms with Crippen molar-refractivity contribution in [2.45, 2.75) is 51.2 Å². The van der Waals surface area contributed by atoms with Gasteiger partial charge in [-0.05, 0) is 50.2 Å². The topological polar surface area (TPSA) is 29.3 Å². The van der Waals surface area contributed by atoms with Gasteiger partial charge in [-0.25, -0.2) is 0 Å². The van der Waals surface area contributed by atoms with Crippen molar-refractivity contribution < 1.29 is 0 Å². The molecule has 1 aromatic rings. The number of hydrogen-bond acceptors (Lipinski definition) is 2. The SMILES string of the molecule is Cc1ccccc1C(C(C)N)N1CC2CCC1C2.